The molecule has 1 saturated heterocycles. The summed E-state index contributed by atoms with van der Waals surface area (Å²) in [7, 11) is -2.24. The van der Waals surface area contributed by atoms with Crippen LogP contribution in [0.3, 0.4) is 0 Å². The molecule has 1 N–H and O–H groups in total. The van der Waals surface area contributed by atoms with Crippen LogP contribution in [0.2, 0.25) is 0 Å². The highest BCUT2D eigenvalue weighted by Crippen LogP contribution is 2.26. The lowest BCUT2D eigenvalue weighted by atomic mass is 10.0. The van der Waals surface area contributed by atoms with Crippen LogP contribution in [0.25, 0.3) is 0 Å². The molecule has 1 aliphatic rings. The number of anilines is 1. The van der Waals surface area contributed by atoms with Crippen LogP contribution in [0.1, 0.15) is 63.5 Å². The minimum Gasteiger partial charge on any atom is -0.388 e. The van der Waals surface area contributed by atoms with E-state index in [1.807, 2.05) is 41.4 Å². The molecule has 0 aromatic heterocycles. The monoisotopic (exact) mass is 438 g/mol. The zero-order valence-electron chi connectivity index (χ0n) is 18.0. The second-order valence-corrected chi connectivity index (χ2v) is 9.37. The molecule has 1 aliphatic heterocycles. The van der Waals surface area contributed by atoms with Crippen molar-refractivity contribution in [2.45, 2.75) is 58.0 Å². The van der Waals surface area contributed by atoms with E-state index < -0.39 is 16.2 Å². The van der Waals surface area contributed by atoms with Crippen LogP contribution in [-0.4, -0.2) is 50.4 Å². The zero-order chi connectivity index (χ0) is 22.0. The fraction of sp³-hybridized carbons (Fsp3) is 0.591. The van der Waals surface area contributed by atoms with Gasteiger partial charge in [0.15, 0.2) is 0 Å². The lowest BCUT2D eigenvalue weighted by Crippen LogP contribution is -2.39. The predicted molar refractivity (Wildman–Crippen MR) is 118 cm³/mol. The molecule has 0 radical (unpaired) electrons. The van der Waals surface area contributed by atoms with Gasteiger partial charge >= 0.3 is 0 Å². The van der Waals surface area contributed by atoms with Gasteiger partial charge in [0.1, 0.15) is 0 Å². The van der Waals surface area contributed by atoms with Gasteiger partial charge in [-0.25, -0.2) is 10.0 Å². The number of aliphatic hydroxyl groups excluding tert-OH is 1. The zero-order valence-corrected chi connectivity index (χ0v) is 18.8. The molecule has 2 rings (SSSR count). The quantitative estimate of drug-likeness (QED) is 0.288. The molecule has 7 nitrogen and oxygen atoms in total. The molecule has 8 heteroatoms. The van der Waals surface area contributed by atoms with Gasteiger partial charge in [0.2, 0.25) is 5.91 Å². The molecule has 1 aromatic carbocycles. The van der Waals surface area contributed by atoms with Gasteiger partial charge in [-0.05, 0) is 37.0 Å². The Morgan fingerprint density at radius 1 is 1.17 bits per heavy atom. The van der Waals surface area contributed by atoms with E-state index in [-0.39, 0.29) is 11.7 Å². The molecule has 1 amide bonds. The second kappa shape index (κ2) is 12.2. The van der Waals surface area contributed by atoms with Crippen LogP contribution < -0.4 is 5.01 Å². The number of hydrogen-bond donors (Lipinski definition) is 1. The Labute approximate surface area is 180 Å². The number of nitrogens with zero attached hydrogens (tertiary/aromatic N) is 2. The highest BCUT2D eigenvalue weighted by molar-refractivity contribution is 7.86. The Bertz CT molecular complexity index is 792. The van der Waals surface area contributed by atoms with E-state index in [1.54, 1.807) is 5.01 Å². The van der Waals surface area contributed by atoms with Crippen molar-refractivity contribution >= 4 is 21.7 Å². The van der Waals surface area contributed by atoms with Gasteiger partial charge in [-0.15, -0.1) is 0 Å². The second-order valence-electron chi connectivity index (χ2n) is 7.51. The topological polar surface area (TPSA) is 87.2 Å². The Balaban J connectivity index is 1.89. The van der Waals surface area contributed by atoms with Gasteiger partial charge in [0.25, 0.3) is 10.1 Å². The summed E-state index contributed by atoms with van der Waals surface area (Å²) in [6.07, 6.45) is 8.99. The molecule has 0 spiro atoms. The van der Waals surface area contributed by atoms with Crippen LogP contribution in [0.4, 0.5) is 5.69 Å². The van der Waals surface area contributed by atoms with Gasteiger partial charge < -0.3 is 5.11 Å². The maximum absolute atomic E-state index is 12.4. The number of hydrazine groups is 1. The molecule has 0 bridgehead atoms. The predicted octanol–water partition coefficient (Wildman–Crippen LogP) is 3.57. The van der Waals surface area contributed by atoms with E-state index in [1.165, 1.54) is 7.11 Å². The summed E-state index contributed by atoms with van der Waals surface area (Å²) in [6, 6.07) is 7.55. The highest BCUT2D eigenvalue weighted by atomic mass is 32.2. The fourth-order valence-corrected chi connectivity index (χ4v) is 4.12. The number of aliphatic hydroxyl groups is 1. The minimum atomic E-state index is -3.41. The molecular weight excluding hydrogens is 404 g/mol. The first kappa shape index (κ1) is 24.5. The molecule has 0 aliphatic carbocycles. The SMILES string of the molecule is CCCCCC(O)c1ccc(N2C(=O)CCN2CC=CCCCS(=O)(=O)OC)cc1. The molecule has 1 aromatic rings. The first-order valence-corrected chi connectivity index (χ1v) is 12.2. The summed E-state index contributed by atoms with van der Waals surface area (Å²) in [5, 5.41) is 14.0. The van der Waals surface area contributed by atoms with Crippen molar-refractivity contribution in [3.8, 4) is 0 Å². The van der Waals surface area contributed by atoms with Crippen LogP contribution in [0, 0.1) is 0 Å². The van der Waals surface area contributed by atoms with Gasteiger partial charge in [-0.3, -0.25) is 8.98 Å². The molecule has 0 saturated carbocycles. The number of allylic oxidation sites excluding steroid dienone is 1. The summed E-state index contributed by atoms with van der Waals surface area (Å²) < 4.78 is 27.0. The Morgan fingerprint density at radius 3 is 2.57 bits per heavy atom. The first-order valence-electron chi connectivity index (χ1n) is 10.7. The standard InChI is InChI=1S/C22H34N2O5S/c1-3-4-7-10-21(25)19-11-13-20(14-12-19)24-22(26)15-17-23(24)16-8-5-6-9-18-30(27,28)29-2/h5,8,11-14,21,25H,3-4,6-7,9-10,15-18H2,1-2H3. The molecule has 30 heavy (non-hydrogen) atoms. The molecule has 1 fully saturated rings. The average Bonchev–Trinajstić information content (AvgIpc) is 3.11. The minimum absolute atomic E-state index is 0.00118. The molecular formula is C22H34N2O5S. The van der Waals surface area contributed by atoms with E-state index in [9.17, 15) is 18.3 Å². The molecule has 1 atom stereocenters. The van der Waals surface area contributed by atoms with Crippen LogP contribution in [-0.2, 0) is 19.1 Å². The fourth-order valence-electron chi connectivity index (χ4n) is 3.44. The van der Waals surface area contributed by atoms with Gasteiger partial charge in [0, 0.05) is 19.5 Å². The third-order valence-electron chi connectivity index (χ3n) is 5.21. The Kier molecular flexibility index (Phi) is 9.97. The smallest absolute Gasteiger partial charge is 0.267 e. The number of hydrogen-bond acceptors (Lipinski definition) is 6. The number of amides is 1. The van der Waals surface area contributed by atoms with E-state index >= 15 is 0 Å². The molecule has 1 unspecified atom stereocenters. The van der Waals surface area contributed by atoms with Crippen molar-refractivity contribution in [1.29, 1.82) is 0 Å². The van der Waals surface area contributed by atoms with Crippen molar-refractivity contribution in [3.63, 3.8) is 0 Å². The van der Waals surface area contributed by atoms with E-state index in [2.05, 4.69) is 11.1 Å². The van der Waals surface area contributed by atoms with E-state index in [0.717, 1.165) is 36.9 Å². The van der Waals surface area contributed by atoms with Gasteiger partial charge in [0.05, 0.1) is 24.7 Å². The first-order chi connectivity index (χ1) is 14.4. The third kappa shape index (κ3) is 7.50. The third-order valence-corrected chi connectivity index (χ3v) is 6.50. The van der Waals surface area contributed by atoms with Crippen molar-refractivity contribution in [3.05, 3.63) is 42.0 Å². The number of rotatable bonds is 13. The van der Waals surface area contributed by atoms with Crippen molar-refractivity contribution in [2.75, 3.05) is 31.0 Å². The number of benzene rings is 1. The van der Waals surface area contributed by atoms with Crippen molar-refractivity contribution in [1.82, 2.24) is 5.01 Å². The summed E-state index contributed by atoms with van der Waals surface area (Å²) in [6.45, 7) is 3.35. The molecule has 168 valence electrons. The number of carbonyl (C=O) groups is 1. The number of carbonyl (C=O) groups excluding carboxylic acids is 1. The van der Waals surface area contributed by atoms with Gasteiger partial charge in [-0.2, -0.15) is 8.42 Å². The summed E-state index contributed by atoms with van der Waals surface area (Å²) in [5.74, 6) is 0.0459. The summed E-state index contributed by atoms with van der Waals surface area (Å²) >= 11 is 0. The lowest BCUT2D eigenvalue weighted by Gasteiger charge is -2.27. The summed E-state index contributed by atoms with van der Waals surface area (Å²) in [5.41, 5.74) is 1.67. The van der Waals surface area contributed by atoms with Crippen LogP contribution in [0.5, 0.6) is 0 Å². The summed E-state index contributed by atoms with van der Waals surface area (Å²) in [4.78, 5) is 12.4. The normalized spacial score (nSPS) is 16.6. The van der Waals surface area contributed by atoms with Gasteiger partial charge in [-0.1, -0.05) is 50.5 Å². The van der Waals surface area contributed by atoms with E-state index in [0.29, 0.717) is 32.4 Å². The van der Waals surface area contributed by atoms with E-state index in [4.69, 9.17) is 0 Å². The van der Waals surface area contributed by atoms with Crippen LogP contribution in [0.15, 0.2) is 36.4 Å². The maximum Gasteiger partial charge on any atom is 0.267 e. The lowest BCUT2D eigenvalue weighted by molar-refractivity contribution is -0.117. The van der Waals surface area contributed by atoms with Crippen molar-refractivity contribution in [2.24, 2.45) is 0 Å². The Hall–Kier alpha value is -1.74. The number of unbranched alkanes of at least 4 members (excludes halogenated alkanes) is 3. The molecule has 1 heterocycles. The Morgan fingerprint density at radius 2 is 1.90 bits per heavy atom. The van der Waals surface area contributed by atoms with Crippen LogP contribution >= 0.6 is 0 Å². The highest BCUT2D eigenvalue weighted by Gasteiger charge is 2.29. The van der Waals surface area contributed by atoms with Crippen molar-refractivity contribution < 1.29 is 22.5 Å². The maximum atomic E-state index is 12.4. The average molecular weight is 439 g/mol. The largest absolute Gasteiger partial charge is 0.388 e.